The van der Waals surface area contributed by atoms with Crippen LogP contribution in [0.4, 0.5) is 11.4 Å². The van der Waals surface area contributed by atoms with E-state index in [9.17, 15) is 4.79 Å². The molecule has 3 N–H and O–H groups in total. The van der Waals surface area contributed by atoms with Crippen LogP contribution >= 0.6 is 11.8 Å². The van der Waals surface area contributed by atoms with Gasteiger partial charge in [-0.1, -0.05) is 18.2 Å². The van der Waals surface area contributed by atoms with Crippen LogP contribution < -0.4 is 15.8 Å². The predicted octanol–water partition coefficient (Wildman–Crippen LogP) is 3.11. The standard InChI is InChI=1S/C16H16N2O2S/c1-20-10-6-7-13(17)14(8-10)18-16(19)12-9-21-15-5-3-2-4-11(12)15/h2-8,12H,9,17H2,1H3,(H,18,19). The summed E-state index contributed by atoms with van der Waals surface area (Å²) in [7, 11) is 1.58. The molecule has 0 saturated heterocycles. The summed E-state index contributed by atoms with van der Waals surface area (Å²) < 4.78 is 5.16. The number of nitrogens with one attached hydrogen (secondary N) is 1. The second kappa shape index (κ2) is 5.69. The van der Waals surface area contributed by atoms with Crippen LogP contribution in [0.25, 0.3) is 0 Å². The van der Waals surface area contributed by atoms with E-state index in [0.29, 0.717) is 17.1 Å². The Kier molecular flexibility index (Phi) is 3.75. The number of carbonyl (C=O) groups excluding carboxylic acids is 1. The number of nitrogen functional groups attached to an aromatic ring is 1. The van der Waals surface area contributed by atoms with Crippen LogP contribution in [-0.2, 0) is 4.79 Å². The van der Waals surface area contributed by atoms with Crippen LogP contribution in [0.1, 0.15) is 11.5 Å². The molecule has 0 saturated carbocycles. The van der Waals surface area contributed by atoms with Crippen LogP contribution in [0.3, 0.4) is 0 Å². The number of benzene rings is 2. The zero-order chi connectivity index (χ0) is 14.8. The van der Waals surface area contributed by atoms with E-state index in [1.165, 1.54) is 4.90 Å². The van der Waals surface area contributed by atoms with E-state index in [-0.39, 0.29) is 11.8 Å². The van der Waals surface area contributed by atoms with E-state index >= 15 is 0 Å². The molecule has 3 rings (SSSR count). The molecule has 1 heterocycles. The molecule has 108 valence electrons. The van der Waals surface area contributed by atoms with Gasteiger partial charge in [0.2, 0.25) is 5.91 Å². The highest BCUT2D eigenvalue weighted by Gasteiger charge is 2.29. The van der Waals surface area contributed by atoms with Crippen LogP contribution in [-0.4, -0.2) is 18.8 Å². The molecule has 0 radical (unpaired) electrons. The first-order valence-electron chi connectivity index (χ1n) is 6.65. The number of fused-ring (bicyclic) bond motifs is 1. The van der Waals surface area contributed by atoms with Crippen molar-refractivity contribution < 1.29 is 9.53 Å². The molecule has 21 heavy (non-hydrogen) atoms. The maximum absolute atomic E-state index is 12.5. The van der Waals surface area contributed by atoms with Crippen molar-refractivity contribution in [1.29, 1.82) is 0 Å². The largest absolute Gasteiger partial charge is 0.497 e. The van der Waals surface area contributed by atoms with Gasteiger partial charge in [0.15, 0.2) is 0 Å². The fraction of sp³-hybridized carbons (Fsp3) is 0.188. The summed E-state index contributed by atoms with van der Waals surface area (Å²) in [5, 5.41) is 2.91. The van der Waals surface area contributed by atoms with E-state index < -0.39 is 0 Å². The lowest BCUT2D eigenvalue weighted by Gasteiger charge is -2.14. The van der Waals surface area contributed by atoms with Gasteiger partial charge in [-0.2, -0.15) is 0 Å². The summed E-state index contributed by atoms with van der Waals surface area (Å²) in [6.45, 7) is 0. The SMILES string of the molecule is COc1ccc(N)c(NC(=O)C2CSc3ccccc32)c1. The summed E-state index contributed by atoms with van der Waals surface area (Å²) in [4.78, 5) is 13.7. The molecule has 1 atom stereocenters. The summed E-state index contributed by atoms with van der Waals surface area (Å²) in [5.74, 6) is 1.25. The molecule has 0 fully saturated rings. The summed E-state index contributed by atoms with van der Waals surface area (Å²) in [6, 6.07) is 13.2. The Morgan fingerprint density at radius 3 is 2.95 bits per heavy atom. The Morgan fingerprint density at radius 2 is 2.14 bits per heavy atom. The number of thioether (sulfide) groups is 1. The molecule has 2 aromatic carbocycles. The van der Waals surface area contributed by atoms with Gasteiger partial charge in [0.05, 0.1) is 24.4 Å². The Hall–Kier alpha value is -2.14. The molecular weight excluding hydrogens is 284 g/mol. The quantitative estimate of drug-likeness (QED) is 0.855. The van der Waals surface area contributed by atoms with Crippen molar-refractivity contribution in [2.24, 2.45) is 0 Å². The van der Waals surface area contributed by atoms with Crippen molar-refractivity contribution in [3.05, 3.63) is 48.0 Å². The Morgan fingerprint density at radius 1 is 1.33 bits per heavy atom. The third kappa shape index (κ3) is 2.69. The lowest BCUT2D eigenvalue weighted by Crippen LogP contribution is -2.21. The van der Waals surface area contributed by atoms with Crippen molar-refractivity contribution in [2.75, 3.05) is 23.9 Å². The molecule has 1 aliphatic rings. The molecule has 0 aliphatic carbocycles. The third-order valence-corrected chi connectivity index (χ3v) is 4.72. The van der Waals surface area contributed by atoms with E-state index in [2.05, 4.69) is 5.32 Å². The summed E-state index contributed by atoms with van der Waals surface area (Å²) in [6.07, 6.45) is 0. The van der Waals surface area contributed by atoms with Crippen molar-refractivity contribution >= 4 is 29.0 Å². The molecule has 4 nitrogen and oxygen atoms in total. The number of anilines is 2. The van der Waals surface area contributed by atoms with Crippen LogP contribution in [0.15, 0.2) is 47.4 Å². The minimum atomic E-state index is -0.142. The minimum Gasteiger partial charge on any atom is -0.497 e. The fourth-order valence-electron chi connectivity index (χ4n) is 2.37. The van der Waals surface area contributed by atoms with Gasteiger partial charge in [-0.3, -0.25) is 4.79 Å². The normalized spacial score (nSPS) is 16.3. The number of rotatable bonds is 3. The molecule has 1 unspecified atom stereocenters. The van der Waals surface area contributed by atoms with Gasteiger partial charge in [0.25, 0.3) is 0 Å². The number of amides is 1. The number of nitrogens with two attached hydrogens (primary N) is 1. The molecule has 0 spiro atoms. The van der Waals surface area contributed by atoms with Gasteiger partial charge in [-0.25, -0.2) is 0 Å². The number of carbonyl (C=O) groups is 1. The number of ether oxygens (including phenoxy) is 1. The maximum atomic E-state index is 12.5. The topological polar surface area (TPSA) is 64.3 Å². The first-order chi connectivity index (χ1) is 10.2. The summed E-state index contributed by atoms with van der Waals surface area (Å²) in [5.41, 5.74) is 8.12. The fourth-order valence-corrected chi connectivity index (χ4v) is 3.60. The Bertz CT molecular complexity index is 688. The zero-order valence-electron chi connectivity index (χ0n) is 11.6. The van der Waals surface area contributed by atoms with Crippen molar-refractivity contribution in [2.45, 2.75) is 10.8 Å². The van der Waals surface area contributed by atoms with E-state index in [1.807, 2.05) is 24.3 Å². The van der Waals surface area contributed by atoms with Crippen LogP contribution in [0, 0.1) is 0 Å². The van der Waals surface area contributed by atoms with Gasteiger partial charge in [-0.15, -0.1) is 11.8 Å². The number of hydrogen-bond donors (Lipinski definition) is 2. The number of hydrogen-bond acceptors (Lipinski definition) is 4. The molecule has 2 aromatic rings. The molecule has 5 heteroatoms. The molecule has 0 aromatic heterocycles. The van der Waals surface area contributed by atoms with Gasteiger partial charge in [0, 0.05) is 16.7 Å². The highest BCUT2D eigenvalue weighted by Crippen LogP contribution is 2.40. The van der Waals surface area contributed by atoms with E-state index in [4.69, 9.17) is 10.5 Å². The average Bonchev–Trinajstić information content (AvgIpc) is 2.93. The highest BCUT2D eigenvalue weighted by atomic mass is 32.2. The molecular formula is C16H16N2O2S. The molecule has 0 bridgehead atoms. The Balaban J connectivity index is 1.82. The highest BCUT2D eigenvalue weighted by molar-refractivity contribution is 7.99. The lowest BCUT2D eigenvalue weighted by atomic mass is 10.0. The zero-order valence-corrected chi connectivity index (χ0v) is 12.4. The maximum Gasteiger partial charge on any atom is 0.232 e. The van der Waals surface area contributed by atoms with Crippen molar-refractivity contribution in [3.8, 4) is 5.75 Å². The lowest BCUT2D eigenvalue weighted by molar-refractivity contribution is -0.117. The second-order valence-corrected chi connectivity index (χ2v) is 5.91. The monoisotopic (exact) mass is 300 g/mol. The van der Waals surface area contributed by atoms with Crippen LogP contribution in [0.2, 0.25) is 0 Å². The van der Waals surface area contributed by atoms with Crippen molar-refractivity contribution in [3.63, 3.8) is 0 Å². The van der Waals surface area contributed by atoms with Gasteiger partial charge in [-0.05, 0) is 23.8 Å². The van der Waals surface area contributed by atoms with Crippen LogP contribution in [0.5, 0.6) is 5.75 Å². The smallest absolute Gasteiger partial charge is 0.232 e. The predicted molar refractivity (Wildman–Crippen MR) is 85.9 cm³/mol. The van der Waals surface area contributed by atoms with Gasteiger partial charge < -0.3 is 15.8 Å². The Labute approximate surface area is 127 Å². The van der Waals surface area contributed by atoms with E-state index in [0.717, 1.165) is 11.3 Å². The van der Waals surface area contributed by atoms with Gasteiger partial charge in [0.1, 0.15) is 5.75 Å². The minimum absolute atomic E-state index is 0.0348. The first kappa shape index (κ1) is 13.8. The van der Waals surface area contributed by atoms with Gasteiger partial charge >= 0.3 is 0 Å². The average molecular weight is 300 g/mol. The van der Waals surface area contributed by atoms with Crippen molar-refractivity contribution in [1.82, 2.24) is 0 Å². The first-order valence-corrected chi connectivity index (χ1v) is 7.63. The third-order valence-electron chi connectivity index (χ3n) is 3.53. The number of methoxy groups -OCH3 is 1. The summed E-state index contributed by atoms with van der Waals surface area (Å²) >= 11 is 1.71. The molecule has 1 aliphatic heterocycles. The second-order valence-electron chi connectivity index (χ2n) is 4.84. The van der Waals surface area contributed by atoms with E-state index in [1.54, 1.807) is 37.1 Å². The molecule has 1 amide bonds.